The lowest BCUT2D eigenvalue weighted by atomic mass is 10.5. The Bertz CT molecular complexity index is 641. The fourth-order valence-corrected chi connectivity index (χ4v) is 1.71. The molecule has 2 aromatic rings. The number of nitrogens with zero attached hydrogens (tertiary/aromatic N) is 3. The lowest BCUT2D eigenvalue weighted by molar-refractivity contribution is 0.515. The third kappa shape index (κ3) is 2.64. The number of aromatic amines is 1. The highest BCUT2D eigenvalue weighted by Crippen LogP contribution is 2.00. The number of aromatic nitrogens is 4. The van der Waals surface area contributed by atoms with Crippen molar-refractivity contribution in [2.75, 3.05) is 5.73 Å². The zero-order chi connectivity index (χ0) is 12.4. The summed E-state index contributed by atoms with van der Waals surface area (Å²) in [6.07, 6.45) is 4.66. The van der Waals surface area contributed by atoms with Crippen molar-refractivity contribution >= 4 is 21.6 Å². The van der Waals surface area contributed by atoms with Crippen LogP contribution in [0.5, 0.6) is 0 Å². The number of aryl methyl sites for hydroxylation is 2. The number of nitrogens with two attached hydrogens (primary N) is 1. The van der Waals surface area contributed by atoms with E-state index >= 15 is 0 Å². The Balaban J connectivity index is 2.17. The predicted octanol–water partition coefficient (Wildman–Crippen LogP) is -0.222. The molecule has 90 valence electrons. The monoisotopic (exact) mass is 299 g/mol. The van der Waals surface area contributed by atoms with Crippen LogP contribution < -0.4 is 17.0 Å². The van der Waals surface area contributed by atoms with Gasteiger partial charge in [0.2, 0.25) is 0 Å². The fourth-order valence-electron chi connectivity index (χ4n) is 1.36. The van der Waals surface area contributed by atoms with Crippen molar-refractivity contribution in [3.05, 3.63) is 43.9 Å². The Labute approximate surface area is 104 Å². The number of hydrogen-bond donors (Lipinski definition) is 2. The fraction of sp³-hybridized carbons (Fsp3) is 0.222. The van der Waals surface area contributed by atoms with Gasteiger partial charge in [0.05, 0.1) is 22.9 Å². The normalized spacial score (nSPS) is 10.6. The lowest BCUT2D eigenvalue weighted by Crippen LogP contribution is -2.30. The molecule has 2 heterocycles. The Morgan fingerprint density at radius 1 is 1.35 bits per heavy atom. The van der Waals surface area contributed by atoms with Gasteiger partial charge >= 0.3 is 5.69 Å². The summed E-state index contributed by atoms with van der Waals surface area (Å²) < 4.78 is 3.33. The summed E-state index contributed by atoms with van der Waals surface area (Å²) in [7, 11) is 0. The van der Waals surface area contributed by atoms with Gasteiger partial charge < -0.3 is 5.73 Å². The summed E-state index contributed by atoms with van der Waals surface area (Å²) in [5.41, 5.74) is 5.20. The van der Waals surface area contributed by atoms with Gasteiger partial charge in [0, 0.05) is 18.9 Å². The third-order valence-corrected chi connectivity index (χ3v) is 2.76. The van der Waals surface area contributed by atoms with Gasteiger partial charge in [0.15, 0.2) is 0 Å². The van der Waals surface area contributed by atoms with Crippen molar-refractivity contribution in [1.82, 2.24) is 19.3 Å². The SMILES string of the molecule is Nc1cnn(CCn2cc(Br)c(=O)[nH]c2=O)c1. The number of H-pyrrole nitrogens is 1. The molecule has 7 nitrogen and oxygen atoms in total. The number of hydrogen-bond acceptors (Lipinski definition) is 4. The molecule has 0 saturated heterocycles. The van der Waals surface area contributed by atoms with Gasteiger partial charge in [-0.25, -0.2) is 4.79 Å². The lowest BCUT2D eigenvalue weighted by Gasteiger charge is -2.05. The van der Waals surface area contributed by atoms with Gasteiger partial charge in [-0.05, 0) is 15.9 Å². The van der Waals surface area contributed by atoms with Crippen molar-refractivity contribution in [3.8, 4) is 0 Å². The second-order valence-electron chi connectivity index (χ2n) is 3.47. The Morgan fingerprint density at radius 2 is 2.12 bits per heavy atom. The molecule has 2 aromatic heterocycles. The maximum absolute atomic E-state index is 11.5. The number of nitrogens with one attached hydrogen (secondary N) is 1. The Morgan fingerprint density at radius 3 is 2.76 bits per heavy atom. The minimum Gasteiger partial charge on any atom is -0.396 e. The summed E-state index contributed by atoms with van der Waals surface area (Å²) in [6.45, 7) is 0.894. The molecule has 0 spiro atoms. The van der Waals surface area contributed by atoms with Gasteiger partial charge in [0.25, 0.3) is 5.56 Å². The van der Waals surface area contributed by atoms with Crippen LogP contribution >= 0.6 is 15.9 Å². The molecule has 0 bridgehead atoms. The average molecular weight is 300 g/mol. The first kappa shape index (κ1) is 11.6. The van der Waals surface area contributed by atoms with Crippen LogP contribution in [-0.2, 0) is 13.1 Å². The molecule has 0 atom stereocenters. The molecular weight excluding hydrogens is 290 g/mol. The van der Waals surface area contributed by atoms with Crippen molar-refractivity contribution in [3.63, 3.8) is 0 Å². The summed E-state index contributed by atoms with van der Waals surface area (Å²) in [4.78, 5) is 24.8. The molecule has 0 unspecified atom stereocenters. The summed E-state index contributed by atoms with van der Waals surface area (Å²) in [5, 5.41) is 3.99. The van der Waals surface area contributed by atoms with E-state index in [1.165, 1.54) is 17.0 Å². The molecule has 0 radical (unpaired) electrons. The molecule has 3 N–H and O–H groups in total. The highest BCUT2D eigenvalue weighted by atomic mass is 79.9. The van der Waals surface area contributed by atoms with Gasteiger partial charge in [-0.2, -0.15) is 5.10 Å². The second kappa shape index (κ2) is 4.58. The molecular formula is C9H10BrN5O2. The van der Waals surface area contributed by atoms with Crippen LogP contribution in [0.4, 0.5) is 5.69 Å². The van der Waals surface area contributed by atoms with E-state index in [4.69, 9.17) is 5.73 Å². The van der Waals surface area contributed by atoms with Crippen molar-refractivity contribution in [1.29, 1.82) is 0 Å². The van der Waals surface area contributed by atoms with Crippen LogP contribution in [0.3, 0.4) is 0 Å². The molecule has 0 aliphatic heterocycles. The molecule has 2 rings (SSSR count). The van der Waals surface area contributed by atoms with Crippen LogP contribution in [-0.4, -0.2) is 19.3 Å². The van der Waals surface area contributed by atoms with E-state index in [0.717, 1.165) is 0 Å². The minimum absolute atomic E-state index is 0.317. The van der Waals surface area contributed by atoms with Crippen LogP contribution in [0.1, 0.15) is 0 Å². The number of anilines is 1. The third-order valence-electron chi connectivity index (χ3n) is 2.19. The molecule has 0 aliphatic carbocycles. The van der Waals surface area contributed by atoms with Crippen molar-refractivity contribution in [2.24, 2.45) is 0 Å². The van der Waals surface area contributed by atoms with Crippen molar-refractivity contribution < 1.29 is 0 Å². The van der Waals surface area contributed by atoms with Gasteiger partial charge in [-0.3, -0.25) is 19.0 Å². The number of halogens is 1. The van der Waals surface area contributed by atoms with E-state index in [2.05, 4.69) is 26.0 Å². The van der Waals surface area contributed by atoms with Gasteiger partial charge in [0.1, 0.15) is 0 Å². The topological polar surface area (TPSA) is 98.7 Å². The van der Waals surface area contributed by atoms with Crippen LogP contribution in [0.2, 0.25) is 0 Å². The Hall–Kier alpha value is -1.83. The zero-order valence-corrected chi connectivity index (χ0v) is 10.3. The van der Waals surface area contributed by atoms with E-state index in [0.29, 0.717) is 23.2 Å². The average Bonchev–Trinajstić information content (AvgIpc) is 2.68. The first-order chi connectivity index (χ1) is 8.06. The molecule has 0 saturated carbocycles. The minimum atomic E-state index is -0.446. The summed E-state index contributed by atoms with van der Waals surface area (Å²) in [5.74, 6) is 0. The van der Waals surface area contributed by atoms with Crippen LogP contribution in [0, 0.1) is 0 Å². The molecule has 17 heavy (non-hydrogen) atoms. The highest BCUT2D eigenvalue weighted by molar-refractivity contribution is 9.10. The van der Waals surface area contributed by atoms with E-state index in [1.807, 2.05) is 0 Å². The largest absolute Gasteiger partial charge is 0.396 e. The van der Waals surface area contributed by atoms with Crippen molar-refractivity contribution in [2.45, 2.75) is 13.1 Å². The molecule has 0 aromatic carbocycles. The second-order valence-corrected chi connectivity index (χ2v) is 4.32. The van der Waals surface area contributed by atoms with Crippen LogP contribution in [0.25, 0.3) is 0 Å². The van der Waals surface area contributed by atoms with E-state index < -0.39 is 11.2 Å². The van der Waals surface area contributed by atoms with E-state index in [9.17, 15) is 9.59 Å². The molecule has 0 aliphatic rings. The van der Waals surface area contributed by atoms with Gasteiger partial charge in [-0.1, -0.05) is 0 Å². The maximum atomic E-state index is 11.5. The first-order valence-electron chi connectivity index (χ1n) is 4.83. The molecule has 0 fully saturated rings. The van der Waals surface area contributed by atoms with Crippen LogP contribution in [0.15, 0.2) is 32.7 Å². The molecule has 0 amide bonds. The zero-order valence-electron chi connectivity index (χ0n) is 8.76. The molecule has 8 heteroatoms. The quantitative estimate of drug-likeness (QED) is 0.818. The first-order valence-corrected chi connectivity index (χ1v) is 5.63. The predicted molar refractivity (Wildman–Crippen MR) is 65.7 cm³/mol. The van der Waals surface area contributed by atoms with Gasteiger partial charge in [-0.15, -0.1) is 0 Å². The standard InChI is InChI=1S/C9H10BrN5O2/c10-7-5-14(9(17)13-8(7)16)1-2-15-4-6(11)3-12-15/h3-5H,1-2,11H2,(H,13,16,17). The summed E-state index contributed by atoms with van der Waals surface area (Å²) in [6, 6.07) is 0. The highest BCUT2D eigenvalue weighted by Gasteiger charge is 2.02. The number of rotatable bonds is 3. The smallest absolute Gasteiger partial charge is 0.328 e. The Kier molecular flexibility index (Phi) is 3.14. The summed E-state index contributed by atoms with van der Waals surface area (Å²) >= 11 is 3.06. The number of nitrogen functional groups attached to an aromatic ring is 1. The maximum Gasteiger partial charge on any atom is 0.328 e. The van der Waals surface area contributed by atoms with E-state index in [1.54, 1.807) is 10.9 Å². The van der Waals surface area contributed by atoms with E-state index in [-0.39, 0.29) is 0 Å².